The molecule has 0 saturated carbocycles. The minimum Gasteiger partial charge on any atom is -0.444 e. The maximum atomic E-state index is 11.6. The molecule has 0 spiro atoms. The lowest BCUT2D eigenvalue weighted by Crippen LogP contribution is -2.33. The standard InChI is InChI=1S/C26H46ClN3O3/c1-21(11-15-28-19-23-7-9-24(10-8-23)30(6)17-14-27)13-18-32-20-22(2)12-16-29-25(31)33-26(3,4)5/h7-10,21-22,28H,11-20H2,1-6H3,(H,29,31). The van der Waals surface area contributed by atoms with Crippen molar-refractivity contribution in [2.45, 2.75) is 66.0 Å². The molecule has 1 aromatic rings. The molecule has 33 heavy (non-hydrogen) atoms. The zero-order valence-electron chi connectivity index (χ0n) is 21.6. The highest BCUT2D eigenvalue weighted by atomic mass is 35.5. The third-order valence-corrected chi connectivity index (χ3v) is 5.57. The summed E-state index contributed by atoms with van der Waals surface area (Å²) in [5.41, 5.74) is 2.03. The molecule has 6 nitrogen and oxygen atoms in total. The van der Waals surface area contributed by atoms with E-state index in [1.165, 1.54) is 11.3 Å². The monoisotopic (exact) mass is 483 g/mol. The Kier molecular flexibility index (Phi) is 14.5. The third-order valence-electron chi connectivity index (χ3n) is 5.40. The third kappa shape index (κ3) is 15.1. The van der Waals surface area contributed by atoms with Crippen LogP contribution in [0.15, 0.2) is 24.3 Å². The van der Waals surface area contributed by atoms with Gasteiger partial charge in [0.25, 0.3) is 0 Å². The number of carbonyl (C=O) groups excluding carboxylic acids is 1. The van der Waals surface area contributed by atoms with Crippen molar-refractivity contribution in [3.05, 3.63) is 29.8 Å². The zero-order chi connectivity index (χ0) is 24.7. The van der Waals surface area contributed by atoms with Gasteiger partial charge in [0.2, 0.25) is 0 Å². The molecule has 0 heterocycles. The molecule has 2 unspecified atom stereocenters. The Bertz CT molecular complexity index is 649. The molecule has 2 N–H and O–H groups in total. The van der Waals surface area contributed by atoms with E-state index in [-0.39, 0.29) is 6.09 Å². The summed E-state index contributed by atoms with van der Waals surface area (Å²) in [6, 6.07) is 8.65. The maximum absolute atomic E-state index is 11.6. The SMILES string of the molecule is CC(CCNCc1ccc(N(C)CCCl)cc1)CCOCC(C)CCNC(=O)OC(C)(C)C. The van der Waals surface area contributed by atoms with Gasteiger partial charge in [-0.15, -0.1) is 11.6 Å². The van der Waals surface area contributed by atoms with Crippen LogP contribution in [0.1, 0.15) is 59.4 Å². The fraction of sp³-hybridized carbons (Fsp3) is 0.731. The Labute approximate surface area is 206 Å². The van der Waals surface area contributed by atoms with Gasteiger partial charge in [-0.2, -0.15) is 0 Å². The van der Waals surface area contributed by atoms with Crippen LogP contribution < -0.4 is 15.5 Å². The quantitative estimate of drug-likeness (QED) is 0.242. The summed E-state index contributed by atoms with van der Waals surface area (Å²) >= 11 is 5.81. The first-order valence-corrected chi connectivity index (χ1v) is 12.8. The molecular weight excluding hydrogens is 438 g/mol. The summed E-state index contributed by atoms with van der Waals surface area (Å²) < 4.78 is 11.1. The molecule has 1 amide bonds. The first-order valence-electron chi connectivity index (χ1n) is 12.2. The molecule has 0 aliphatic rings. The van der Waals surface area contributed by atoms with Gasteiger partial charge in [-0.1, -0.05) is 26.0 Å². The van der Waals surface area contributed by atoms with Gasteiger partial charge < -0.3 is 25.0 Å². The van der Waals surface area contributed by atoms with Crippen molar-refractivity contribution in [3.63, 3.8) is 0 Å². The minimum absolute atomic E-state index is 0.357. The maximum Gasteiger partial charge on any atom is 0.407 e. The minimum atomic E-state index is -0.460. The number of benzene rings is 1. The van der Waals surface area contributed by atoms with Crippen molar-refractivity contribution in [1.29, 1.82) is 0 Å². The summed E-state index contributed by atoms with van der Waals surface area (Å²) in [6.45, 7) is 14.9. The number of nitrogens with zero attached hydrogens (tertiary/aromatic N) is 1. The predicted octanol–water partition coefficient (Wildman–Crippen LogP) is 5.44. The lowest BCUT2D eigenvalue weighted by molar-refractivity contribution is 0.0516. The zero-order valence-corrected chi connectivity index (χ0v) is 22.3. The van der Waals surface area contributed by atoms with Gasteiger partial charge in [-0.05, 0) is 76.1 Å². The van der Waals surface area contributed by atoms with Gasteiger partial charge in [-0.25, -0.2) is 4.79 Å². The number of halogens is 1. The number of alkyl carbamates (subject to hydrolysis) is 1. The van der Waals surface area contributed by atoms with Gasteiger partial charge in [0.1, 0.15) is 5.60 Å². The Morgan fingerprint density at radius 2 is 1.73 bits per heavy atom. The van der Waals surface area contributed by atoms with Crippen molar-refractivity contribution in [2.24, 2.45) is 11.8 Å². The van der Waals surface area contributed by atoms with E-state index < -0.39 is 5.60 Å². The first-order chi connectivity index (χ1) is 15.6. The Balaban J connectivity index is 2.05. The molecule has 0 saturated heterocycles. The van der Waals surface area contributed by atoms with E-state index in [2.05, 4.69) is 60.7 Å². The van der Waals surface area contributed by atoms with E-state index in [4.69, 9.17) is 21.1 Å². The highest BCUT2D eigenvalue weighted by Crippen LogP contribution is 2.14. The van der Waals surface area contributed by atoms with Gasteiger partial charge in [0.05, 0.1) is 0 Å². The van der Waals surface area contributed by atoms with Crippen LogP contribution in [0.4, 0.5) is 10.5 Å². The number of amides is 1. The fourth-order valence-corrected chi connectivity index (χ4v) is 3.49. The number of anilines is 1. The molecule has 7 heteroatoms. The van der Waals surface area contributed by atoms with Gasteiger partial charge >= 0.3 is 6.09 Å². The van der Waals surface area contributed by atoms with Crippen LogP contribution in [0, 0.1) is 11.8 Å². The van der Waals surface area contributed by atoms with Crippen molar-refractivity contribution in [1.82, 2.24) is 10.6 Å². The van der Waals surface area contributed by atoms with Gasteiger partial charge in [0, 0.05) is 51.5 Å². The number of rotatable bonds is 16. The lowest BCUT2D eigenvalue weighted by atomic mass is 10.0. The molecule has 1 aromatic carbocycles. The Hall–Kier alpha value is -1.50. The molecule has 0 radical (unpaired) electrons. The fourth-order valence-electron chi connectivity index (χ4n) is 3.24. The molecule has 0 fully saturated rings. The number of nitrogens with one attached hydrogen (secondary N) is 2. The van der Waals surface area contributed by atoms with Crippen LogP contribution in [-0.4, -0.2) is 57.5 Å². The average Bonchev–Trinajstić information content (AvgIpc) is 2.73. The van der Waals surface area contributed by atoms with Crippen molar-refractivity contribution in [3.8, 4) is 0 Å². The Morgan fingerprint density at radius 1 is 1.06 bits per heavy atom. The summed E-state index contributed by atoms with van der Waals surface area (Å²) in [4.78, 5) is 13.8. The number of carbonyl (C=O) groups is 1. The molecule has 2 atom stereocenters. The first kappa shape index (κ1) is 29.5. The lowest BCUT2D eigenvalue weighted by Gasteiger charge is -2.20. The van der Waals surface area contributed by atoms with E-state index >= 15 is 0 Å². The predicted molar refractivity (Wildman–Crippen MR) is 139 cm³/mol. The smallest absolute Gasteiger partial charge is 0.407 e. The molecular formula is C26H46ClN3O3. The van der Waals surface area contributed by atoms with Gasteiger partial charge in [0.15, 0.2) is 0 Å². The largest absolute Gasteiger partial charge is 0.444 e. The van der Waals surface area contributed by atoms with E-state index in [1.807, 2.05) is 20.8 Å². The highest BCUT2D eigenvalue weighted by Gasteiger charge is 2.15. The Morgan fingerprint density at radius 3 is 2.36 bits per heavy atom. The van der Waals surface area contributed by atoms with Crippen LogP contribution in [-0.2, 0) is 16.0 Å². The second-order valence-electron chi connectivity index (χ2n) is 10.0. The summed E-state index contributed by atoms with van der Waals surface area (Å²) in [7, 11) is 2.06. The van der Waals surface area contributed by atoms with Crippen LogP contribution in [0.5, 0.6) is 0 Å². The molecule has 190 valence electrons. The van der Waals surface area contributed by atoms with Crippen LogP contribution in [0.3, 0.4) is 0 Å². The highest BCUT2D eigenvalue weighted by molar-refractivity contribution is 6.18. The second kappa shape index (κ2) is 16.2. The molecule has 1 rings (SSSR count). The molecule has 0 aliphatic heterocycles. The van der Waals surface area contributed by atoms with E-state index in [0.29, 0.717) is 24.3 Å². The van der Waals surface area contributed by atoms with Crippen LogP contribution in [0.2, 0.25) is 0 Å². The molecule has 0 aromatic heterocycles. The second-order valence-corrected chi connectivity index (χ2v) is 10.4. The van der Waals surface area contributed by atoms with E-state index in [1.54, 1.807) is 0 Å². The van der Waals surface area contributed by atoms with E-state index in [0.717, 1.165) is 52.1 Å². The van der Waals surface area contributed by atoms with Crippen molar-refractivity contribution < 1.29 is 14.3 Å². The molecule has 0 aliphatic carbocycles. The van der Waals surface area contributed by atoms with E-state index in [9.17, 15) is 4.79 Å². The summed E-state index contributed by atoms with van der Waals surface area (Å²) in [5.74, 6) is 1.65. The van der Waals surface area contributed by atoms with Crippen LogP contribution in [0.25, 0.3) is 0 Å². The number of hydrogen-bond donors (Lipinski definition) is 2. The summed E-state index contributed by atoms with van der Waals surface area (Å²) in [6.07, 6.45) is 2.72. The van der Waals surface area contributed by atoms with Gasteiger partial charge in [-0.3, -0.25) is 0 Å². The number of ether oxygens (including phenoxy) is 2. The number of hydrogen-bond acceptors (Lipinski definition) is 5. The topological polar surface area (TPSA) is 62.8 Å². The van der Waals surface area contributed by atoms with Crippen molar-refractivity contribution in [2.75, 3.05) is 50.7 Å². The van der Waals surface area contributed by atoms with Crippen molar-refractivity contribution >= 4 is 23.4 Å². The van der Waals surface area contributed by atoms with Crippen LogP contribution >= 0.6 is 11.6 Å². The normalized spacial score (nSPS) is 13.4. The molecule has 0 bridgehead atoms. The number of alkyl halides is 1. The average molecular weight is 484 g/mol. The summed E-state index contributed by atoms with van der Waals surface area (Å²) in [5, 5.41) is 6.34.